The minimum atomic E-state index is -0.729. The molecule has 0 unspecified atom stereocenters. The highest BCUT2D eigenvalue weighted by molar-refractivity contribution is 7.99. The number of rotatable bonds is 8. The summed E-state index contributed by atoms with van der Waals surface area (Å²) in [6.45, 7) is 0.192. The standard InChI is InChI=1S/C19H19F2N3O2S/c1-24-18(13-6-8-15(20)9-7-13)22-23-19(24)27-12-16(25)11-26-10-14-4-2-3-5-17(14)21/h2-9,16,25H,10-12H2,1H3/t16-/m1/s1. The van der Waals surface area contributed by atoms with E-state index in [1.807, 2.05) is 7.05 Å². The predicted molar refractivity (Wildman–Crippen MR) is 99.2 cm³/mol. The molecule has 3 rings (SSSR count). The molecule has 0 amide bonds. The van der Waals surface area contributed by atoms with E-state index in [2.05, 4.69) is 10.2 Å². The number of aliphatic hydroxyl groups excluding tert-OH is 1. The van der Waals surface area contributed by atoms with Crippen LogP contribution < -0.4 is 0 Å². The zero-order chi connectivity index (χ0) is 19.2. The van der Waals surface area contributed by atoms with E-state index in [1.165, 1.54) is 30.0 Å². The second kappa shape index (κ2) is 9.07. The largest absolute Gasteiger partial charge is 0.390 e. The summed E-state index contributed by atoms with van der Waals surface area (Å²) in [6.07, 6.45) is -0.729. The minimum absolute atomic E-state index is 0.0873. The highest BCUT2D eigenvalue weighted by Crippen LogP contribution is 2.23. The summed E-state index contributed by atoms with van der Waals surface area (Å²) >= 11 is 1.33. The van der Waals surface area contributed by atoms with Crippen molar-refractivity contribution in [3.05, 3.63) is 65.7 Å². The summed E-state index contributed by atoms with van der Waals surface area (Å²) in [5.74, 6) is 0.331. The highest BCUT2D eigenvalue weighted by Gasteiger charge is 2.14. The first-order valence-corrected chi connectivity index (χ1v) is 9.30. The Morgan fingerprint density at radius 1 is 1.11 bits per heavy atom. The molecule has 142 valence electrons. The number of hydrogen-bond acceptors (Lipinski definition) is 5. The molecule has 8 heteroatoms. The molecule has 1 atom stereocenters. The lowest BCUT2D eigenvalue weighted by atomic mass is 10.2. The summed E-state index contributed by atoms with van der Waals surface area (Å²) in [6, 6.07) is 12.4. The summed E-state index contributed by atoms with van der Waals surface area (Å²) in [5.41, 5.74) is 1.21. The van der Waals surface area contributed by atoms with Gasteiger partial charge in [-0.05, 0) is 30.3 Å². The molecule has 5 nitrogen and oxygen atoms in total. The van der Waals surface area contributed by atoms with E-state index in [4.69, 9.17) is 4.74 Å². The third-order valence-electron chi connectivity index (χ3n) is 3.87. The molecule has 1 heterocycles. The van der Waals surface area contributed by atoms with Gasteiger partial charge in [0.15, 0.2) is 11.0 Å². The van der Waals surface area contributed by atoms with Crippen LogP contribution in [-0.2, 0) is 18.4 Å². The van der Waals surface area contributed by atoms with Crippen molar-refractivity contribution in [2.45, 2.75) is 17.9 Å². The van der Waals surface area contributed by atoms with Crippen LogP contribution in [0.2, 0.25) is 0 Å². The second-order valence-corrected chi connectivity index (χ2v) is 6.93. The molecule has 1 aromatic heterocycles. The van der Waals surface area contributed by atoms with Gasteiger partial charge in [-0.3, -0.25) is 0 Å². The molecule has 0 bridgehead atoms. The van der Waals surface area contributed by atoms with Gasteiger partial charge in [0.2, 0.25) is 0 Å². The molecule has 0 radical (unpaired) electrons. The van der Waals surface area contributed by atoms with E-state index in [9.17, 15) is 13.9 Å². The predicted octanol–water partition coefficient (Wildman–Crippen LogP) is 3.43. The van der Waals surface area contributed by atoms with Crippen LogP contribution in [0.4, 0.5) is 8.78 Å². The Bertz CT molecular complexity index is 887. The van der Waals surface area contributed by atoms with E-state index < -0.39 is 6.10 Å². The first-order chi connectivity index (χ1) is 13.0. The molecule has 0 aliphatic rings. The molecule has 0 saturated carbocycles. The number of halogens is 2. The van der Waals surface area contributed by atoms with Crippen molar-refractivity contribution in [2.75, 3.05) is 12.4 Å². The molecule has 0 aliphatic carbocycles. The molecule has 0 saturated heterocycles. The van der Waals surface area contributed by atoms with Crippen molar-refractivity contribution in [1.82, 2.24) is 14.8 Å². The lowest BCUT2D eigenvalue weighted by molar-refractivity contribution is 0.0386. The average molecular weight is 391 g/mol. The van der Waals surface area contributed by atoms with Gasteiger partial charge in [0, 0.05) is 23.9 Å². The fourth-order valence-electron chi connectivity index (χ4n) is 2.43. The molecule has 0 spiro atoms. The van der Waals surface area contributed by atoms with E-state index >= 15 is 0 Å². The monoisotopic (exact) mass is 391 g/mol. The van der Waals surface area contributed by atoms with Gasteiger partial charge in [0.1, 0.15) is 11.6 Å². The van der Waals surface area contributed by atoms with Crippen molar-refractivity contribution in [3.8, 4) is 11.4 Å². The van der Waals surface area contributed by atoms with Crippen LogP contribution in [0.25, 0.3) is 11.4 Å². The molecule has 2 aromatic carbocycles. The fraction of sp³-hybridized carbons (Fsp3) is 0.263. The van der Waals surface area contributed by atoms with Crippen molar-refractivity contribution in [3.63, 3.8) is 0 Å². The first kappa shape index (κ1) is 19.5. The van der Waals surface area contributed by atoms with Gasteiger partial charge >= 0.3 is 0 Å². The fourth-order valence-corrected chi connectivity index (χ4v) is 3.25. The maximum absolute atomic E-state index is 13.5. The van der Waals surface area contributed by atoms with Gasteiger partial charge in [-0.25, -0.2) is 8.78 Å². The number of nitrogens with zero attached hydrogens (tertiary/aromatic N) is 3. The van der Waals surface area contributed by atoms with Crippen molar-refractivity contribution >= 4 is 11.8 Å². The lowest BCUT2D eigenvalue weighted by Gasteiger charge is -2.11. The summed E-state index contributed by atoms with van der Waals surface area (Å²) in [5, 5.41) is 18.9. The maximum atomic E-state index is 13.5. The topological polar surface area (TPSA) is 60.2 Å². The molecule has 27 heavy (non-hydrogen) atoms. The SMILES string of the molecule is Cn1c(SC[C@H](O)COCc2ccccc2F)nnc1-c1ccc(F)cc1. The van der Waals surface area contributed by atoms with Crippen LogP contribution in [0.15, 0.2) is 53.7 Å². The zero-order valence-electron chi connectivity index (χ0n) is 14.7. The summed E-state index contributed by atoms with van der Waals surface area (Å²) in [7, 11) is 1.81. The summed E-state index contributed by atoms with van der Waals surface area (Å²) in [4.78, 5) is 0. The number of thioether (sulfide) groups is 1. The zero-order valence-corrected chi connectivity index (χ0v) is 15.5. The van der Waals surface area contributed by atoms with Crippen molar-refractivity contribution in [1.29, 1.82) is 0 Å². The Morgan fingerprint density at radius 3 is 2.59 bits per heavy atom. The molecule has 1 N–H and O–H groups in total. The van der Waals surface area contributed by atoms with Crippen LogP contribution in [0.3, 0.4) is 0 Å². The average Bonchev–Trinajstić information content (AvgIpc) is 3.03. The number of aromatic nitrogens is 3. The first-order valence-electron chi connectivity index (χ1n) is 8.32. The van der Waals surface area contributed by atoms with Crippen LogP contribution in [-0.4, -0.2) is 38.3 Å². The van der Waals surface area contributed by atoms with Crippen LogP contribution in [0, 0.1) is 11.6 Å². The molecule has 0 fully saturated rings. The molecule has 0 aliphatic heterocycles. The number of benzene rings is 2. The normalized spacial score (nSPS) is 12.3. The smallest absolute Gasteiger partial charge is 0.191 e. The molecular formula is C19H19F2N3O2S. The van der Waals surface area contributed by atoms with Gasteiger partial charge in [-0.1, -0.05) is 30.0 Å². The number of hydrogen-bond donors (Lipinski definition) is 1. The minimum Gasteiger partial charge on any atom is -0.390 e. The van der Waals surface area contributed by atoms with Crippen LogP contribution in [0.5, 0.6) is 0 Å². The van der Waals surface area contributed by atoms with Gasteiger partial charge in [0.05, 0.1) is 19.3 Å². The van der Waals surface area contributed by atoms with Gasteiger partial charge < -0.3 is 14.4 Å². The lowest BCUT2D eigenvalue weighted by Crippen LogP contribution is -2.18. The van der Waals surface area contributed by atoms with Crippen molar-refractivity contribution in [2.24, 2.45) is 7.05 Å². The van der Waals surface area contributed by atoms with Crippen LogP contribution >= 0.6 is 11.8 Å². The van der Waals surface area contributed by atoms with E-state index in [-0.39, 0.29) is 24.8 Å². The van der Waals surface area contributed by atoms with E-state index in [1.54, 1.807) is 34.9 Å². The van der Waals surface area contributed by atoms with Gasteiger partial charge in [0.25, 0.3) is 0 Å². The van der Waals surface area contributed by atoms with Crippen LogP contribution in [0.1, 0.15) is 5.56 Å². The van der Waals surface area contributed by atoms with E-state index in [0.29, 0.717) is 22.3 Å². The Hall–Kier alpha value is -2.29. The number of ether oxygens (including phenoxy) is 1. The maximum Gasteiger partial charge on any atom is 0.191 e. The summed E-state index contributed by atoms with van der Waals surface area (Å²) < 4.78 is 33.7. The third-order valence-corrected chi connectivity index (χ3v) is 5.03. The van der Waals surface area contributed by atoms with Crippen molar-refractivity contribution < 1.29 is 18.6 Å². The third kappa shape index (κ3) is 5.12. The second-order valence-electron chi connectivity index (χ2n) is 5.94. The van der Waals surface area contributed by atoms with Gasteiger partial charge in [-0.2, -0.15) is 0 Å². The molecule has 3 aromatic rings. The molecular weight excluding hydrogens is 372 g/mol. The Kier molecular flexibility index (Phi) is 6.54. The van der Waals surface area contributed by atoms with E-state index in [0.717, 1.165) is 5.56 Å². The Labute approximate surface area is 160 Å². The van der Waals surface area contributed by atoms with Gasteiger partial charge in [-0.15, -0.1) is 10.2 Å². The number of aliphatic hydroxyl groups is 1. The Balaban J connectivity index is 1.50. The Morgan fingerprint density at radius 2 is 1.85 bits per heavy atom. The quantitative estimate of drug-likeness (QED) is 0.596. The highest BCUT2D eigenvalue weighted by atomic mass is 32.2.